The highest BCUT2D eigenvalue weighted by Crippen LogP contribution is 2.34. The molecule has 0 aliphatic rings. The fraction of sp³-hybridized carbons (Fsp3) is 0.250. The van der Waals surface area contributed by atoms with E-state index >= 15 is 0 Å². The van der Waals surface area contributed by atoms with Crippen LogP contribution in [0, 0.1) is 25.2 Å². The van der Waals surface area contributed by atoms with Crippen molar-refractivity contribution < 1.29 is 14.3 Å². The molecule has 0 fully saturated rings. The lowest BCUT2D eigenvalue weighted by molar-refractivity contribution is 0.102. The topological polar surface area (TPSA) is 90.3 Å². The van der Waals surface area contributed by atoms with Gasteiger partial charge in [-0.05, 0) is 32.9 Å². The van der Waals surface area contributed by atoms with Crippen molar-refractivity contribution in [3.8, 4) is 17.6 Å². The molecular weight excluding hydrogens is 282 g/mol. The lowest BCUT2D eigenvalue weighted by atomic mass is 10.2. The van der Waals surface area contributed by atoms with Crippen molar-refractivity contribution in [3.63, 3.8) is 0 Å². The minimum Gasteiger partial charge on any atom is -0.434 e. The van der Waals surface area contributed by atoms with Gasteiger partial charge in [0.15, 0.2) is 0 Å². The first-order valence-electron chi connectivity index (χ1n) is 6.82. The third-order valence-corrected chi connectivity index (χ3v) is 3.24. The van der Waals surface area contributed by atoms with E-state index in [1.165, 1.54) is 4.57 Å². The maximum atomic E-state index is 11.6. The maximum absolute atomic E-state index is 11.6. The van der Waals surface area contributed by atoms with Gasteiger partial charge in [0.25, 0.3) is 0 Å². The zero-order chi connectivity index (χ0) is 16.3. The molecule has 0 spiro atoms. The van der Waals surface area contributed by atoms with Crippen LogP contribution < -0.4 is 10.5 Å². The normalized spacial score (nSPS) is 10.1. The Bertz CT molecular complexity index is 739. The Kier molecular flexibility index (Phi) is 4.37. The standard InChI is InChI=1S/C16H17N3O3/c1-4-21-16(20)22-15-11(3)13(9-17)14(18)19(15)12-7-5-10(2)6-8-12/h5-8H,4,18H2,1-3H3. The average molecular weight is 299 g/mol. The van der Waals surface area contributed by atoms with E-state index in [-0.39, 0.29) is 23.9 Å². The second-order valence-corrected chi connectivity index (χ2v) is 4.76. The van der Waals surface area contributed by atoms with Crippen LogP contribution in [0.15, 0.2) is 24.3 Å². The van der Waals surface area contributed by atoms with Gasteiger partial charge in [-0.1, -0.05) is 17.7 Å². The summed E-state index contributed by atoms with van der Waals surface area (Å²) in [6.45, 7) is 5.52. The first-order valence-corrected chi connectivity index (χ1v) is 6.82. The van der Waals surface area contributed by atoms with Crippen LogP contribution in [0.1, 0.15) is 23.6 Å². The van der Waals surface area contributed by atoms with Crippen LogP contribution in [0.3, 0.4) is 0 Å². The summed E-state index contributed by atoms with van der Waals surface area (Å²) in [6, 6.07) is 9.52. The summed E-state index contributed by atoms with van der Waals surface area (Å²) in [7, 11) is 0. The van der Waals surface area contributed by atoms with Crippen LogP contribution in [0.4, 0.5) is 10.6 Å². The molecule has 6 heteroatoms. The first-order chi connectivity index (χ1) is 10.5. The molecular formula is C16H17N3O3. The number of rotatable bonds is 3. The van der Waals surface area contributed by atoms with Crippen molar-refractivity contribution in [2.24, 2.45) is 0 Å². The lowest BCUT2D eigenvalue weighted by Gasteiger charge is -2.12. The number of ether oxygens (including phenoxy) is 2. The van der Waals surface area contributed by atoms with Gasteiger partial charge < -0.3 is 15.2 Å². The molecule has 0 unspecified atom stereocenters. The number of carbonyl (C=O) groups is 1. The van der Waals surface area contributed by atoms with Gasteiger partial charge in [0.1, 0.15) is 17.5 Å². The third kappa shape index (κ3) is 2.74. The fourth-order valence-electron chi connectivity index (χ4n) is 2.13. The number of aromatic nitrogens is 1. The number of hydrogen-bond donors (Lipinski definition) is 1. The van der Waals surface area contributed by atoms with Gasteiger partial charge in [-0.25, -0.2) is 4.79 Å². The van der Waals surface area contributed by atoms with E-state index in [4.69, 9.17) is 15.2 Å². The Morgan fingerprint density at radius 3 is 2.50 bits per heavy atom. The van der Waals surface area contributed by atoms with E-state index in [0.29, 0.717) is 11.3 Å². The molecule has 1 aromatic carbocycles. The van der Waals surface area contributed by atoms with E-state index in [1.54, 1.807) is 13.8 Å². The molecule has 1 aromatic heterocycles. The van der Waals surface area contributed by atoms with Crippen molar-refractivity contribution >= 4 is 12.0 Å². The van der Waals surface area contributed by atoms with Crippen molar-refractivity contribution in [3.05, 3.63) is 41.0 Å². The zero-order valence-corrected chi connectivity index (χ0v) is 12.7. The van der Waals surface area contributed by atoms with Gasteiger partial charge >= 0.3 is 6.16 Å². The number of carbonyl (C=O) groups excluding carboxylic acids is 1. The minimum atomic E-state index is -0.832. The molecule has 0 aliphatic carbocycles. The number of nitrogen functional groups attached to an aromatic ring is 1. The molecule has 2 aromatic rings. The van der Waals surface area contributed by atoms with Gasteiger partial charge in [0.2, 0.25) is 5.88 Å². The summed E-state index contributed by atoms with van der Waals surface area (Å²) in [5.41, 5.74) is 8.60. The molecule has 0 atom stereocenters. The monoisotopic (exact) mass is 299 g/mol. The van der Waals surface area contributed by atoms with Crippen LogP contribution in [0.25, 0.3) is 5.69 Å². The van der Waals surface area contributed by atoms with Gasteiger partial charge in [-0.3, -0.25) is 4.57 Å². The third-order valence-electron chi connectivity index (χ3n) is 3.24. The number of nitrogens with zero attached hydrogens (tertiary/aromatic N) is 2. The Morgan fingerprint density at radius 2 is 1.95 bits per heavy atom. The number of benzene rings is 1. The molecule has 22 heavy (non-hydrogen) atoms. The summed E-state index contributed by atoms with van der Waals surface area (Å²) < 4.78 is 11.6. The molecule has 0 amide bonds. The van der Waals surface area contributed by atoms with Gasteiger partial charge in [0.05, 0.1) is 12.3 Å². The summed E-state index contributed by atoms with van der Waals surface area (Å²) >= 11 is 0. The van der Waals surface area contributed by atoms with Gasteiger partial charge in [-0.15, -0.1) is 0 Å². The molecule has 1 heterocycles. The predicted molar refractivity (Wildman–Crippen MR) is 82.0 cm³/mol. The van der Waals surface area contributed by atoms with E-state index < -0.39 is 6.16 Å². The molecule has 2 N–H and O–H groups in total. The van der Waals surface area contributed by atoms with Crippen LogP contribution in [-0.4, -0.2) is 17.3 Å². The van der Waals surface area contributed by atoms with Gasteiger partial charge in [-0.2, -0.15) is 5.26 Å². The lowest BCUT2D eigenvalue weighted by Crippen LogP contribution is -2.13. The van der Waals surface area contributed by atoms with Crippen molar-refractivity contribution in [2.75, 3.05) is 12.3 Å². The largest absolute Gasteiger partial charge is 0.515 e. The summed E-state index contributed by atoms with van der Waals surface area (Å²) in [4.78, 5) is 11.6. The highest BCUT2D eigenvalue weighted by molar-refractivity contribution is 5.70. The van der Waals surface area contributed by atoms with Crippen LogP contribution in [-0.2, 0) is 4.74 Å². The number of anilines is 1. The fourth-order valence-corrected chi connectivity index (χ4v) is 2.13. The van der Waals surface area contributed by atoms with E-state index in [1.807, 2.05) is 37.3 Å². The molecule has 0 saturated carbocycles. The average Bonchev–Trinajstić information content (AvgIpc) is 2.71. The number of hydrogen-bond acceptors (Lipinski definition) is 5. The minimum absolute atomic E-state index is 0.191. The predicted octanol–water partition coefficient (Wildman–Crippen LogP) is 3.08. The highest BCUT2D eigenvalue weighted by Gasteiger charge is 2.23. The van der Waals surface area contributed by atoms with Crippen LogP contribution in [0.5, 0.6) is 5.88 Å². The highest BCUT2D eigenvalue weighted by atomic mass is 16.7. The SMILES string of the molecule is CCOC(=O)Oc1c(C)c(C#N)c(N)n1-c1ccc(C)cc1. The van der Waals surface area contributed by atoms with Crippen molar-refractivity contribution in [2.45, 2.75) is 20.8 Å². The smallest absolute Gasteiger partial charge is 0.434 e. The number of aryl methyl sites for hydroxylation is 1. The molecule has 0 saturated heterocycles. The quantitative estimate of drug-likeness (QED) is 0.879. The molecule has 0 aliphatic heterocycles. The number of nitriles is 1. The Balaban J connectivity index is 2.58. The summed E-state index contributed by atoms with van der Waals surface area (Å²) in [5.74, 6) is 0.416. The second kappa shape index (κ2) is 6.22. The maximum Gasteiger partial charge on any atom is 0.515 e. The first kappa shape index (κ1) is 15.4. The summed E-state index contributed by atoms with van der Waals surface area (Å²) in [6.07, 6.45) is -0.832. The van der Waals surface area contributed by atoms with E-state index in [9.17, 15) is 10.1 Å². The molecule has 2 rings (SSSR count). The molecule has 0 radical (unpaired) electrons. The second-order valence-electron chi connectivity index (χ2n) is 4.76. The van der Waals surface area contributed by atoms with E-state index in [2.05, 4.69) is 0 Å². The van der Waals surface area contributed by atoms with Crippen molar-refractivity contribution in [1.29, 1.82) is 5.26 Å². The van der Waals surface area contributed by atoms with Gasteiger partial charge in [0, 0.05) is 5.56 Å². The Hall–Kier alpha value is -2.94. The number of nitrogens with two attached hydrogens (primary N) is 1. The van der Waals surface area contributed by atoms with Crippen LogP contribution in [0.2, 0.25) is 0 Å². The Labute approximate surface area is 128 Å². The summed E-state index contributed by atoms with van der Waals surface area (Å²) in [5, 5.41) is 9.25. The Morgan fingerprint density at radius 1 is 1.32 bits per heavy atom. The van der Waals surface area contributed by atoms with E-state index in [0.717, 1.165) is 5.56 Å². The molecule has 6 nitrogen and oxygen atoms in total. The van der Waals surface area contributed by atoms with Crippen LogP contribution >= 0.6 is 0 Å². The molecule has 0 bridgehead atoms. The molecule has 114 valence electrons. The zero-order valence-electron chi connectivity index (χ0n) is 12.7. The van der Waals surface area contributed by atoms with Crippen molar-refractivity contribution in [1.82, 2.24) is 4.57 Å².